The van der Waals surface area contributed by atoms with Crippen molar-refractivity contribution in [3.05, 3.63) is 16.6 Å². The second-order valence-corrected chi connectivity index (χ2v) is 7.22. The van der Waals surface area contributed by atoms with Crippen LogP contribution >= 0.6 is 11.3 Å². The largest absolute Gasteiger partial charge is 0.309 e. The van der Waals surface area contributed by atoms with E-state index < -0.39 is 0 Å². The van der Waals surface area contributed by atoms with Gasteiger partial charge in [-0.2, -0.15) is 0 Å². The van der Waals surface area contributed by atoms with E-state index >= 15 is 0 Å². The quantitative estimate of drug-likeness (QED) is 0.912. The lowest BCUT2D eigenvalue weighted by Crippen LogP contribution is -2.63. The van der Waals surface area contributed by atoms with Crippen molar-refractivity contribution in [2.24, 2.45) is 5.92 Å². The molecule has 1 fully saturated rings. The van der Waals surface area contributed by atoms with Gasteiger partial charge in [0.15, 0.2) is 0 Å². The fourth-order valence-corrected chi connectivity index (χ4v) is 3.47. The molecule has 2 atom stereocenters. The number of aromatic nitrogens is 1. The average Bonchev–Trinajstić information content (AvgIpc) is 2.79. The fourth-order valence-electron chi connectivity index (χ4n) is 2.75. The van der Waals surface area contributed by atoms with Crippen molar-refractivity contribution in [2.75, 3.05) is 13.1 Å². The van der Waals surface area contributed by atoms with Crippen molar-refractivity contribution in [3.63, 3.8) is 0 Å². The molecule has 3 nitrogen and oxygen atoms in total. The molecule has 0 bridgehead atoms. The maximum atomic E-state index is 4.49. The van der Waals surface area contributed by atoms with Crippen LogP contribution in [0.1, 0.15) is 45.7 Å². The molecule has 4 heteroatoms. The third-order valence-electron chi connectivity index (χ3n) is 3.87. The standard InChI is InChI=1S/C14H25N3S/c1-10(2)12-8-16-14(4,5)9-17(12)11(3)13-15-6-7-18-13/h6-7,10-12,16H,8-9H2,1-5H3. The molecule has 2 rings (SSSR count). The van der Waals surface area contributed by atoms with Crippen molar-refractivity contribution in [3.8, 4) is 0 Å². The molecule has 1 aliphatic rings. The lowest BCUT2D eigenvalue weighted by Gasteiger charge is -2.48. The molecule has 1 aromatic rings. The third-order valence-corrected chi connectivity index (χ3v) is 4.82. The predicted molar refractivity (Wildman–Crippen MR) is 77.9 cm³/mol. The first-order valence-electron chi connectivity index (χ1n) is 6.81. The zero-order valence-electron chi connectivity index (χ0n) is 12.1. The summed E-state index contributed by atoms with van der Waals surface area (Å²) in [5, 5.41) is 6.97. The molecule has 1 saturated heterocycles. The van der Waals surface area contributed by atoms with Crippen LogP contribution in [-0.4, -0.2) is 34.6 Å². The predicted octanol–water partition coefficient (Wildman–Crippen LogP) is 2.91. The molecule has 0 radical (unpaired) electrons. The van der Waals surface area contributed by atoms with Gasteiger partial charge in [-0.25, -0.2) is 4.98 Å². The van der Waals surface area contributed by atoms with Crippen LogP contribution in [0.3, 0.4) is 0 Å². The van der Waals surface area contributed by atoms with Crippen LogP contribution in [0.15, 0.2) is 11.6 Å². The van der Waals surface area contributed by atoms with Gasteiger partial charge in [0, 0.05) is 36.2 Å². The summed E-state index contributed by atoms with van der Waals surface area (Å²) < 4.78 is 0. The van der Waals surface area contributed by atoms with E-state index in [2.05, 4.69) is 55.2 Å². The minimum absolute atomic E-state index is 0.191. The Morgan fingerprint density at radius 2 is 2.17 bits per heavy atom. The molecule has 2 heterocycles. The zero-order valence-corrected chi connectivity index (χ0v) is 12.9. The van der Waals surface area contributed by atoms with Gasteiger partial charge in [-0.05, 0) is 26.7 Å². The molecule has 0 aromatic carbocycles. The van der Waals surface area contributed by atoms with Crippen molar-refractivity contribution in [2.45, 2.75) is 52.2 Å². The summed E-state index contributed by atoms with van der Waals surface area (Å²) in [6.07, 6.45) is 1.91. The first-order chi connectivity index (χ1) is 8.41. The van der Waals surface area contributed by atoms with Gasteiger partial charge in [0.05, 0.1) is 6.04 Å². The number of thiazole rings is 1. The van der Waals surface area contributed by atoms with Gasteiger partial charge in [-0.3, -0.25) is 4.90 Å². The van der Waals surface area contributed by atoms with E-state index in [-0.39, 0.29) is 5.54 Å². The van der Waals surface area contributed by atoms with Gasteiger partial charge in [-0.1, -0.05) is 13.8 Å². The summed E-state index contributed by atoms with van der Waals surface area (Å²) in [6.45, 7) is 13.6. The van der Waals surface area contributed by atoms with Crippen molar-refractivity contribution < 1.29 is 0 Å². The zero-order chi connectivity index (χ0) is 13.3. The van der Waals surface area contributed by atoms with Crippen molar-refractivity contribution >= 4 is 11.3 Å². The van der Waals surface area contributed by atoms with Gasteiger partial charge in [0.25, 0.3) is 0 Å². The van der Waals surface area contributed by atoms with Gasteiger partial charge < -0.3 is 5.32 Å². The topological polar surface area (TPSA) is 28.2 Å². The van der Waals surface area contributed by atoms with E-state index in [1.54, 1.807) is 11.3 Å². The second-order valence-electron chi connectivity index (χ2n) is 6.29. The normalized spacial score (nSPS) is 26.4. The van der Waals surface area contributed by atoms with Gasteiger partial charge in [-0.15, -0.1) is 11.3 Å². The smallest absolute Gasteiger partial charge is 0.109 e. The first kappa shape index (κ1) is 14.0. The van der Waals surface area contributed by atoms with Gasteiger partial charge in [0.1, 0.15) is 5.01 Å². The molecular formula is C14H25N3S. The highest BCUT2D eigenvalue weighted by Crippen LogP contribution is 2.30. The Kier molecular flexibility index (Phi) is 4.09. The van der Waals surface area contributed by atoms with Crippen LogP contribution in [0, 0.1) is 5.92 Å². The lowest BCUT2D eigenvalue weighted by molar-refractivity contribution is 0.0370. The molecule has 1 N–H and O–H groups in total. The Labute approximate surface area is 115 Å². The number of piperazine rings is 1. The Hall–Kier alpha value is -0.450. The first-order valence-corrected chi connectivity index (χ1v) is 7.69. The van der Waals surface area contributed by atoms with E-state index in [1.165, 1.54) is 5.01 Å². The summed E-state index contributed by atoms with van der Waals surface area (Å²) in [5.41, 5.74) is 0.191. The molecule has 1 aliphatic heterocycles. The molecule has 0 aliphatic carbocycles. The number of nitrogens with zero attached hydrogens (tertiary/aromatic N) is 2. The lowest BCUT2D eigenvalue weighted by atomic mass is 9.92. The monoisotopic (exact) mass is 267 g/mol. The van der Waals surface area contributed by atoms with Crippen molar-refractivity contribution in [1.82, 2.24) is 15.2 Å². The van der Waals surface area contributed by atoms with Crippen LogP contribution in [-0.2, 0) is 0 Å². The maximum absolute atomic E-state index is 4.49. The number of hydrogen-bond donors (Lipinski definition) is 1. The molecular weight excluding hydrogens is 242 g/mol. The molecule has 0 spiro atoms. The summed E-state index contributed by atoms with van der Waals surface area (Å²) in [7, 11) is 0. The highest BCUT2D eigenvalue weighted by Gasteiger charge is 2.37. The van der Waals surface area contributed by atoms with E-state index in [4.69, 9.17) is 0 Å². The van der Waals surface area contributed by atoms with E-state index in [9.17, 15) is 0 Å². The van der Waals surface area contributed by atoms with Crippen LogP contribution in [0.2, 0.25) is 0 Å². The summed E-state index contributed by atoms with van der Waals surface area (Å²) >= 11 is 1.77. The second kappa shape index (κ2) is 5.27. The number of nitrogens with one attached hydrogen (secondary N) is 1. The van der Waals surface area contributed by atoms with Crippen LogP contribution < -0.4 is 5.32 Å². The maximum Gasteiger partial charge on any atom is 0.109 e. The molecule has 0 saturated carbocycles. The van der Waals surface area contributed by atoms with Crippen LogP contribution in [0.4, 0.5) is 0 Å². The molecule has 102 valence electrons. The molecule has 1 aromatic heterocycles. The minimum Gasteiger partial charge on any atom is -0.309 e. The molecule has 2 unspecified atom stereocenters. The average molecular weight is 267 g/mol. The summed E-state index contributed by atoms with van der Waals surface area (Å²) in [5.74, 6) is 0.663. The van der Waals surface area contributed by atoms with Crippen LogP contribution in [0.5, 0.6) is 0 Å². The number of rotatable bonds is 3. The molecule has 18 heavy (non-hydrogen) atoms. The highest BCUT2D eigenvalue weighted by atomic mass is 32.1. The Balaban J connectivity index is 2.19. The summed E-state index contributed by atoms with van der Waals surface area (Å²) in [4.78, 5) is 7.11. The molecule has 0 amide bonds. The number of hydrogen-bond acceptors (Lipinski definition) is 4. The van der Waals surface area contributed by atoms with Gasteiger partial charge in [0.2, 0.25) is 0 Å². The Bertz CT molecular complexity index is 372. The van der Waals surface area contributed by atoms with E-state index in [0.29, 0.717) is 18.0 Å². The fraction of sp³-hybridized carbons (Fsp3) is 0.786. The Morgan fingerprint density at radius 3 is 2.72 bits per heavy atom. The highest BCUT2D eigenvalue weighted by molar-refractivity contribution is 7.09. The minimum atomic E-state index is 0.191. The van der Waals surface area contributed by atoms with Gasteiger partial charge >= 0.3 is 0 Å². The SMILES string of the molecule is CC(C)C1CNC(C)(C)CN1C(C)c1nccs1. The summed E-state index contributed by atoms with van der Waals surface area (Å²) in [6, 6.07) is 1.01. The van der Waals surface area contributed by atoms with E-state index in [0.717, 1.165) is 13.1 Å². The van der Waals surface area contributed by atoms with E-state index in [1.807, 2.05) is 6.20 Å². The Morgan fingerprint density at radius 1 is 1.44 bits per heavy atom. The van der Waals surface area contributed by atoms with Crippen LogP contribution in [0.25, 0.3) is 0 Å². The third kappa shape index (κ3) is 2.92. The van der Waals surface area contributed by atoms with Crippen molar-refractivity contribution in [1.29, 1.82) is 0 Å².